The van der Waals surface area contributed by atoms with E-state index in [-0.39, 0.29) is 11.6 Å². The van der Waals surface area contributed by atoms with E-state index in [0.29, 0.717) is 44.1 Å². The molecule has 2 aliphatic heterocycles. The van der Waals surface area contributed by atoms with Crippen molar-refractivity contribution >= 4 is 11.9 Å². The number of terminal acetylenes is 1. The molecule has 0 bridgehead atoms. The van der Waals surface area contributed by atoms with Crippen molar-refractivity contribution in [3.05, 3.63) is 18.0 Å². The first-order valence-corrected chi connectivity index (χ1v) is 8.03. The first kappa shape index (κ1) is 16.3. The average Bonchev–Trinajstić information content (AvgIpc) is 3.41. The summed E-state index contributed by atoms with van der Waals surface area (Å²) in [5.41, 5.74) is 0.0606. The van der Waals surface area contributed by atoms with E-state index < -0.39 is 0 Å². The Labute approximate surface area is 140 Å². The van der Waals surface area contributed by atoms with Crippen molar-refractivity contribution in [3.63, 3.8) is 0 Å². The molecule has 1 amide bonds. The van der Waals surface area contributed by atoms with Gasteiger partial charge in [-0.25, -0.2) is 9.97 Å². The van der Waals surface area contributed by atoms with Gasteiger partial charge in [0.25, 0.3) is 5.91 Å². The topological polar surface area (TPSA) is 92.1 Å². The van der Waals surface area contributed by atoms with Gasteiger partial charge in [-0.15, -0.1) is 12.3 Å². The van der Waals surface area contributed by atoms with Crippen molar-refractivity contribution < 1.29 is 9.53 Å². The molecule has 126 valence electrons. The van der Waals surface area contributed by atoms with Crippen LogP contribution in [0.15, 0.2) is 22.6 Å². The van der Waals surface area contributed by atoms with E-state index in [9.17, 15) is 4.79 Å². The van der Waals surface area contributed by atoms with E-state index >= 15 is 0 Å². The molecule has 3 heterocycles. The predicted octanol–water partition coefficient (Wildman–Crippen LogP) is 1.01. The number of nitrogens with zero attached hydrogens (tertiary/aromatic N) is 5. The quantitative estimate of drug-likeness (QED) is 0.754. The Balaban J connectivity index is 1.46. The monoisotopic (exact) mass is 328 g/mol. The molecule has 1 fully saturated rings. The lowest BCUT2D eigenvalue weighted by molar-refractivity contribution is 0.0951. The third-order valence-electron chi connectivity index (χ3n) is 4.06. The zero-order valence-electron chi connectivity index (χ0n) is 13.4. The SMILES string of the molecule is C#CCCC1(CCNC(=O)c2cnc(N3CCOCC3)nc2)N=N1. The van der Waals surface area contributed by atoms with E-state index in [2.05, 4.69) is 31.4 Å². The zero-order valence-corrected chi connectivity index (χ0v) is 13.4. The minimum atomic E-state index is -0.379. The predicted molar refractivity (Wildman–Crippen MR) is 87.7 cm³/mol. The number of ether oxygens (including phenoxy) is 1. The summed E-state index contributed by atoms with van der Waals surface area (Å²) in [5.74, 6) is 3.01. The second-order valence-electron chi connectivity index (χ2n) is 5.76. The van der Waals surface area contributed by atoms with Crippen LogP contribution >= 0.6 is 0 Å². The van der Waals surface area contributed by atoms with Crippen LogP contribution in [0.3, 0.4) is 0 Å². The summed E-state index contributed by atoms with van der Waals surface area (Å²) in [7, 11) is 0. The first-order chi connectivity index (χ1) is 11.7. The van der Waals surface area contributed by atoms with Crippen LogP contribution < -0.4 is 10.2 Å². The average molecular weight is 328 g/mol. The lowest BCUT2D eigenvalue weighted by atomic mass is 10.0. The molecule has 0 aromatic carbocycles. The van der Waals surface area contributed by atoms with Gasteiger partial charge in [-0.1, -0.05) is 0 Å². The van der Waals surface area contributed by atoms with Crippen LogP contribution in [-0.4, -0.2) is 54.4 Å². The summed E-state index contributed by atoms with van der Waals surface area (Å²) in [6.07, 6.45) is 10.4. The molecule has 3 rings (SSSR count). The molecule has 8 nitrogen and oxygen atoms in total. The molecule has 0 saturated carbocycles. The third-order valence-corrected chi connectivity index (χ3v) is 4.06. The molecule has 1 aromatic rings. The molecule has 0 aliphatic carbocycles. The maximum absolute atomic E-state index is 12.1. The molecule has 1 N–H and O–H groups in total. The van der Waals surface area contributed by atoms with E-state index in [1.54, 1.807) is 12.4 Å². The Morgan fingerprint density at radius 1 is 1.29 bits per heavy atom. The largest absolute Gasteiger partial charge is 0.378 e. The molecule has 0 spiro atoms. The minimum absolute atomic E-state index is 0.198. The number of morpholine rings is 1. The Hall–Kier alpha value is -2.53. The Bertz CT molecular complexity index is 640. The molecule has 8 heteroatoms. The van der Waals surface area contributed by atoms with Gasteiger partial charge in [-0.3, -0.25) is 4.79 Å². The lowest BCUT2D eigenvalue weighted by Gasteiger charge is -2.26. The number of aromatic nitrogens is 2. The van der Waals surface area contributed by atoms with Gasteiger partial charge < -0.3 is 15.0 Å². The van der Waals surface area contributed by atoms with Gasteiger partial charge >= 0.3 is 0 Å². The maximum atomic E-state index is 12.1. The van der Waals surface area contributed by atoms with Crippen molar-refractivity contribution in [2.45, 2.75) is 24.9 Å². The lowest BCUT2D eigenvalue weighted by Crippen LogP contribution is -2.37. The molecule has 2 aliphatic rings. The fourth-order valence-electron chi connectivity index (χ4n) is 2.51. The van der Waals surface area contributed by atoms with Crippen LogP contribution in [0, 0.1) is 12.3 Å². The standard InChI is InChI=1S/C16H20N6O2/c1-2-3-4-16(20-21-16)5-6-17-14(23)13-11-18-15(19-12-13)22-7-9-24-10-8-22/h1,11-12H,3-10H2,(H,17,23). The number of anilines is 1. The summed E-state index contributed by atoms with van der Waals surface area (Å²) in [6.45, 7) is 3.35. The number of amides is 1. The van der Waals surface area contributed by atoms with Crippen LogP contribution in [0.4, 0.5) is 5.95 Å². The maximum Gasteiger partial charge on any atom is 0.254 e. The number of hydrogen-bond donors (Lipinski definition) is 1. The number of carbonyl (C=O) groups excluding carboxylic acids is 1. The number of carbonyl (C=O) groups is 1. The van der Waals surface area contributed by atoms with Crippen molar-refractivity contribution in [1.82, 2.24) is 15.3 Å². The summed E-state index contributed by atoms with van der Waals surface area (Å²) in [4.78, 5) is 22.7. The van der Waals surface area contributed by atoms with E-state index in [1.165, 1.54) is 0 Å². The fourth-order valence-corrected chi connectivity index (χ4v) is 2.51. The Morgan fingerprint density at radius 3 is 2.62 bits per heavy atom. The van der Waals surface area contributed by atoms with E-state index in [0.717, 1.165) is 19.5 Å². The summed E-state index contributed by atoms with van der Waals surface area (Å²) < 4.78 is 5.30. The van der Waals surface area contributed by atoms with Gasteiger partial charge in [0, 0.05) is 51.3 Å². The zero-order chi connectivity index (χ0) is 16.8. The van der Waals surface area contributed by atoms with Crippen LogP contribution in [0.2, 0.25) is 0 Å². The highest BCUT2D eigenvalue weighted by Gasteiger charge is 2.38. The number of hydrogen-bond acceptors (Lipinski definition) is 7. The highest BCUT2D eigenvalue weighted by atomic mass is 16.5. The second kappa shape index (κ2) is 7.36. The van der Waals surface area contributed by atoms with E-state index in [4.69, 9.17) is 11.2 Å². The van der Waals surface area contributed by atoms with E-state index in [1.807, 2.05) is 4.90 Å². The molecular weight excluding hydrogens is 308 g/mol. The normalized spacial score (nSPS) is 18.0. The number of rotatable bonds is 7. The van der Waals surface area contributed by atoms with Crippen LogP contribution in [0.5, 0.6) is 0 Å². The smallest absolute Gasteiger partial charge is 0.254 e. The fraction of sp³-hybridized carbons (Fsp3) is 0.562. The van der Waals surface area contributed by atoms with Gasteiger partial charge in [-0.05, 0) is 0 Å². The highest BCUT2D eigenvalue weighted by molar-refractivity contribution is 5.93. The summed E-state index contributed by atoms with van der Waals surface area (Å²) >= 11 is 0. The number of nitrogens with one attached hydrogen (secondary N) is 1. The molecule has 1 saturated heterocycles. The second-order valence-corrected chi connectivity index (χ2v) is 5.76. The third kappa shape index (κ3) is 4.06. The van der Waals surface area contributed by atoms with Crippen LogP contribution in [-0.2, 0) is 4.74 Å². The molecular formula is C16H20N6O2. The van der Waals surface area contributed by atoms with Gasteiger partial charge in [0.05, 0.1) is 18.8 Å². The van der Waals surface area contributed by atoms with Gasteiger partial charge in [0.1, 0.15) is 0 Å². The van der Waals surface area contributed by atoms with Gasteiger partial charge in [-0.2, -0.15) is 10.2 Å². The van der Waals surface area contributed by atoms with Crippen molar-refractivity contribution in [3.8, 4) is 12.3 Å². The minimum Gasteiger partial charge on any atom is -0.378 e. The van der Waals surface area contributed by atoms with Gasteiger partial charge in [0.15, 0.2) is 5.66 Å². The Morgan fingerprint density at radius 2 is 2.00 bits per heavy atom. The molecule has 1 aromatic heterocycles. The van der Waals surface area contributed by atoms with Crippen molar-refractivity contribution in [2.75, 3.05) is 37.7 Å². The van der Waals surface area contributed by atoms with Crippen molar-refractivity contribution in [1.29, 1.82) is 0 Å². The van der Waals surface area contributed by atoms with Crippen molar-refractivity contribution in [2.24, 2.45) is 10.2 Å². The van der Waals surface area contributed by atoms with Gasteiger partial charge in [0.2, 0.25) is 5.95 Å². The highest BCUT2D eigenvalue weighted by Crippen LogP contribution is 2.36. The molecule has 24 heavy (non-hydrogen) atoms. The Kier molecular flexibility index (Phi) is 5.01. The summed E-state index contributed by atoms with van der Waals surface area (Å²) in [5, 5.41) is 10.9. The molecule has 0 atom stereocenters. The molecule has 0 unspecified atom stereocenters. The van der Waals surface area contributed by atoms with Crippen LogP contribution in [0.25, 0.3) is 0 Å². The summed E-state index contributed by atoms with van der Waals surface area (Å²) in [6, 6.07) is 0. The van der Waals surface area contributed by atoms with Crippen LogP contribution in [0.1, 0.15) is 29.6 Å². The molecule has 0 radical (unpaired) electrons. The first-order valence-electron chi connectivity index (χ1n) is 8.03.